The summed E-state index contributed by atoms with van der Waals surface area (Å²) in [7, 11) is 1.64. The molecule has 0 saturated carbocycles. The van der Waals surface area contributed by atoms with E-state index in [0.717, 1.165) is 36.9 Å². The largest absolute Gasteiger partial charge is 0.490 e. The van der Waals surface area contributed by atoms with Crippen molar-refractivity contribution in [2.24, 2.45) is 0 Å². The first-order valence-electron chi connectivity index (χ1n) is 13.7. The average Bonchev–Trinajstić information content (AvgIpc) is 2.92. The number of nitrogens with one attached hydrogen (secondary N) is 1. The molecule has 1 amide bonds. The van der Waals surface area contributed by atoms with Gasteiger partial charge in [-0.05, 0) is 62.4 Å². The quantitative estimate of drug-likeness (QED) is 0.334. The Labute approximate surface area is 226 Å². The molecular formula is C31H41N3O4. The van der Waals surface area contributed by atoms with Crippen LogP contribution in [-0.4, -0.2) is 61.3 Å². The molecule has 1 atom stereocenters. The van der Waals surface area contributed by atoms with Gasteiger partial charge in [0.2, 0.25) is 0 Å². The van der Waals surface area contributed by atoms with Crippen LogP contribution in [0.3, 0.4) is 0 Å². The van der Waals surface area contributed by atoms with E-state index in [4.69, 9.17) is 19.2 Å². The number of para-hydroxylation sites is 1. The first-order chi connectivity index (χ1) is 18.4. The third-order valence-electron chi connectivity index (χ3n) is 7.02. The highest BCUT2D eigenvalue weighted by atomic mass is 16.5. The van der Waals surface area contributed by atoms with E-state index in [2.05, 4.69) is 57.3 Å². The fourth-order valence-electron chi connectivity index (χ4n) is 4.96. The van der Waals surface area contributed by atoms with Crippen molar-refractivity contribution in [1.29, 1.82) is 0 Å². The summed E-state index contributed by atoms with van der Waals surface area (Å²) >= 11 is 0. The predicted octanol–water partition coefficient (Wildman–Crippen LogP) is 5.57. The average molecular weight is 520 g/mol. The molecule has 0 aliphatic carbocycles. The van der Waals surface area contributed by atoms with E-state index in [9.17, 15) is 4.79 Å². The summed E-state index contributed by atoms with van der Waals surface area (Å²) in [5.74, 6) is 1.62. The fraction of sp³-hybridized carbons (Fsp3) is 0.484. The number of nitrogens with zero attached hydrogens (tertiary/aromatic N) is 2. The molecule has 2 heterocycles. The Morgan fingerprint density at radius 2 is 1.84 bits per heavy atom. The minimum absolute atomic E-state index is 0.0445. The number of piperidine rings is 1. The third kappa shape index (κ3) is 6.63. The van der Waals surface area contributed by atoms with E-state index in [1.165, 1.54) is 5.56 Å². The Kier molecular flexibility index (Phi) is 9.58. The number of aromatic nitrogens is 1. The zero-order chi connectivity index (χ0) is 27.1. The molecule has 3 aromatic rings. The van der Waals surface area contributed by atoms with Gasteiger partial charge in [0.25, 0.3) is 5.91 Å². The number of pyridine rings is 1. The normalized spacial score (nSPS) is 15.7. The van der Waals surface area contributed by atoms with Crippen LogP contribution in [0.2, 0.25) is 0 Å². The van der Waals surface area contributed by atoms with Crippen molar-refractivity contribution in [3.8, 4) is 11.5 Å². The number of amides is 1. The second-order valence-electron chi connectivity index (χ2n) is 10.5. The minimum atomic E-state index is -0.0914. The zero-order valence-electron chi connectivity index (χ0n) is 23.3. The second kappa shape index (κ2) is 13.1. The molecular weight excluding hydrogens is 478 g/mol. The van der Waals surface area contributed by atoms with Crippen molar-refractivity contribution >= 4 is 16.8 Å². The van der Waals surface area contributed by atoms with Crippen LogP contribution in [0.4, 0.5) is 0 Å². The maximum atomic E-state index is 13.9. The van der Waals surface area contributed by atoms with Gasteiger partial charge in [0.05, 0.1) is 6.61 Å². The van der Waals surface area contributed by atoms with Gasteiger partial charge < -0.3 is 24.4 Å². The standard InChI is InChI=1S/C31H41N3O4/c1-21(2)24-13-11-23(12-14-24)20-38-28-10-6-9-26-29(37-17-16-36-5)18-27(33-30(26)28)31(35)34(22(3)4)25-8-7-15-32-19-25/h6,9-14,18,21-22,25,32H,7-8,15-17,19-20H2,1-5H3/t25-/m1/s1. The van der Waals surface area contributed by atoms with Crippen LogP contribution in [0.1, 0.15) is 68.1 Å². The molecule has 2 aromatic carbocycles. The van der Waals surface area contributed by atoms with Crippen LogP contribution in [-0.2, 0) is 11.3 Å². The lowest BCUT2D eigenvalue weighted by molar-refractivity contribution is 0.0567. The van der Waals surface area contributed by atoms with Crippen molar-refractivity contribution in [2.75, 3.05) is 33.4 Å². The maximum absolute atomic E-state index is 13.9. The summed E-state index contributed by atoms with van der Waals surface area (Å²) in [5, 5.41) is 4.24. The lowest BCUT2D eigenvalue weighted by atomic mass is 10.0. The fourth-order valence-corrected chi connectivity index (χ4v) is 4.96. The first-order valence-corrected chi connectivity index (χ1v) is 13.7. The van der Waals surface area contributed by atoms with Gasteiger partial charge in [-0.15, -0.1) is 0 Å². The summed E-state index contributed by atoms with van der Waals surface area (Å²) in [6, 6.07) is 16.2. The van der Waals surface area contributed by atoms with Crippen LogP contribution in [0.15, 0.2) is 48.5 Å². The predicted molar refractivity (Wildman–Crippen MR) is 151 cm³/mol. The molecule has 1 aliphatic heterocycles. The lowest BCUT2D eigenvalue weighted by Crippen LogP contribution is -2.51. The van der Waals surface area contributed by atoms with Gasteiger partial charge >= 0.3 is 0 Å². The Morgan fingerprint density at radius 1 is 1.05 bits per heavy atom. The van der Waals surface area contributed by atoms with Crippen LogP contribution >= 0.6 is 0 Å². The number of hydrogen-bond acceptors (Lipinski definition) is 6. The molecule has 7 heteroatoms. The minimum Gasteiger partial charge on any atom is -0.490 e. The molecule has 1 N–H and O–H groups in total. The number of ether oxygens (including phenoxy) is 3. The van der Waals surface area contributed by atoms with Crippen LogP contribution in [0, 0.1) is 0 Å². The molecule has 0 bridgehead atoms. The van der Waals surface area contributed by atoms with E-state index >= 15 is 0 Å². The molecule has 0 unspecified atom stereocenters. The van der Waals surface area contributed by atoms with Gasteiger partial charge in [-0.25, -0.2) is 4.98 Å². The van der Waals surface area contributed by atoms with Gasteiger partial charge in [-0.2, -0.15) is 0 Å². The van der Waals surface area contributed by atoms with E-state index in [-0.39, 0.29) is 18.0 Å². The Balaban J connectivity index is 1.68. The molecule has 1 aliphatic rings. The van der Waals surface area contributed by atoms with Crippen molar-refractivity contribution in [3.63, 3.8) is 0 Å². The molecule has 0 radical (unpaired) electrons. The topological polar surface area (TPSA) is 72.9 Å². The summed E-state index contributed by atoms with van der Waals surface area (Å²) in [6.45, 7) is 11.5. The van der Waals surface area contributed by atoms with Crippen molar-refractivity contribution < 1.29 is 19.0 Å². The van der Waals surface area contributed by atoms with Gasteiger partial charge in [0.15, 0.2) is 0 Å². The number of rotatable bonds is 11. The molecule has 4 rings (SSSR count). The monoisotopic (exact) mass is 519 g/mol. The molecule has 38 heavy (non-hydrogen) atoms. The second-order valence-corrected chi connectivity index (χ2v) is 10.5. The zero-order valence-corrected chi connectivity index (χ0v) is 23.3. The molecule has 204 valence electrons. The summed E-state index contributed by atoms with van der Waals surface area (Å²) in [5.41, 5.74) is 3.35. The van der Waals surface area contributed by atoms with Crippen molar-refractivity contribution in [2.45, 2.75) is 65.1 Å². The first kappa shape index (κ1) is 27.9. The highest BCUT2D eigenvalue weighted by molar-refractivity contribution is 5.98. The third-order valence-corrected chi connectivity index (χ3v) is 7.02. The van der Waals surface area contributed by atoms with Gasteiger partial charge in [0, 0.05) is 37.2 Å². The van der Waals surface area contributed by atoms with E-state index in [1.54, 1.807) is 13.2 Å². The molecule has 1 fully saturated rings. The molecule has 1 aromatic heterocycles. The summed E-state index contributed by atoms with van der Waals surface area (Å²) in [4.78, 5) is 20.7. The van der Waals surface area contributed by atoms with Gasteiger partial charge in [-0.3, -0.25) is 4.79 Å². The van der Waals surface area contributed by atoms with Crippen LogP contribution in [0.25, 0.3) is 10.9 Å². The number of carbonyl (C=O) groups excluding carboxylic acids is 1. The maximum Gasteiger partial charge on any atom is 0.273 e. The number of fused-ring (bicyclic) bond motifs is 1. The lowest BCUT2D eigenvalue weighted by Gasteiger charge is -2.37. The number of hydrogen-bond donors (Lipinski definition) is 1. The smallest absolute Gasteiger partial charge is 0.273 e. The molecule has 7 nitrogen and oxygen atoms in total. The van der Waals surface area contributed by atoms with Crippen molar-refractivity contribution in [1.82, 2.24) is 15.2 Å². The van der Waals surface area contributed by atoms with Crippen molar-refractivity contribution in [3.05, 3.63) is 65.4 Å². The molecule has 0 spiro atoms. The SMILES string of the molecule is COCCOc1cc(C(=O)N(C(C)C)[C@@H]2CCCNC2)nc2c(OCc3ccc(C(C)C)cc3)cccc12. The highest BCUT2D eigenvalue weighted by Gasteiger charge is 2.30. The Morgan fingerprint density at radius 3 is 2.50 bits per heavy atom. The number of benzene rings is 2. The van der Waals surface area contributed by atoms with Crippen LogP contribution < -0.4 is 14.8 Å². The molecule has 1 saturated heterocycles. The highest BCUT2D eigenvalue weighted by Crippen LogP contribution is 2.33. The number of methoxy groups -OCH3 is 1. The summed E-state index contributed by atoms with van der Waals surface area (Å²) < 4.78 is 17.5. The van der Waals surface area contributed by atoms with Gasteiger partial charge in [-0.1, -0.05) is 44.2 Å². The van der Waals surface area contributed by atoms with E-state index in [1.807, 2.05) is 23.1 Å². The van der Waals surface area contributed by atoms with E-state index in [0.29, 0.717) is 48.4 Å². The van der Waals surface area contributed by atoms with Crippen LogP contribution in [0.5, 0.6) is 11.5 Å². The summed E-state index contributed by atoms with van der Waals surface area (Å²) in [6.07, 6.45) is 2.03. The Bertz CT molecular complexity index is 1200. The van der Waals surface area contributed by atoms with Gasteiger partial charge in [0.1, 0.15) is 35.9 Å². The van der Waals surface area contributed by atoms with E-state index < -0.39 is 0 Å². The Hall–Kier alpha value is -3.16. The number of carbonyl (C=O) groups is 1.